The molecule has 3 aromatic rings. The van der Waals surface area contributed by atoms with Crippen molar-refractivity contribution >= 4 is 28.3 Å². The molecule has 1 N–H and O–H groups in total. The Balaban J connectivity index is 1.52. The molecule has 0 unspecified atom stereocenters. The Morgan fingerprint density at radius 2 is 1.89 bits per heavy atom. The normalized spacial score (nSPS) is 14.6. The fourth-order valence-corrected chi connectivity index (χ4v) is 3.45. The van der Waals surface area contributed by atoms with E-state index in [9.17, 15) is 4.79 Å². The van der Waals surface area contributed by atoms with Crippen LogP contribution in [-0.2, 0) is 4.74 Å². The van der Waals surface area contributed by atoms with E-state index >= 15 is 0 Å². The number of hydrogen-bond donors (Lipinski definition) is 1. The monoisotopic (exact) mass is 379 g/mol. The van der Waals surface area contributed by atoms with E-state index in [-0.39, 0.29) is 11.9 Å². The topological polar surface area (TPSA) is 72.3 Å². The van der Waals surface area contributed by atoms with Gasteiger partial charge in [0.05, 0.1) is 30.7 Å². The van der Waals surface area contributed by atoms with Gasteiger partial charge in [0.2, 0.25) is 0 Å². The van der Waals surface area contributed by atoms with E-state index in [0.29, 0.717) is 11.3 Å². The van der Waals surface area contributed by atoms with E-state index in [4.69, 9.17) is 4.74 Å². The van der Waals surface area contributed by atoms with Crippen LogP contribution >= 0.6 is 0 Å². The highest BCUT2D eigenvalue weighted by atomic mass is 16.5. The number of benzene rings is 1. The molecular formula is C21H25N5O2. The summed E-state index contributed by atoms with van der Waals surface area (Å²) in [6.45, 7) is 9.26. The van der Waals surface area contributed by atoms with Crippen molar-refractivity contribution in [1.82, 2.24) is 14.8 Å². The second kappa shape index (κ2) is 7.59. The predicted octanol–water partition coefficient (Wildman–Crippen LogP) is 3.41. The molecule has 0 aliphatic carbocycles. The molecule has 7 heteroatoms. The van der Waals surface area contributed by atoms with Crippen molar-refractivity contribution < 1.29 is 9.53 Å². The van der Waals surface area contributed by atoms with Crippen LogP contribution in [0.4, 0.5) is 11.4 Å². The van der Waals surface area contributed by atoms with Crippen molar-refractivity contribution in [3.63, 3.8) is 0 Å². The Morgan fingerprint density at radius 3 is 2.57 bits per heavy atom. The summed E-state index contributed by atoms with van der Waals surface area (Å²) in [6, 6.07) is 10.0. The largest absolute Gasteiger partial charge is 0.378 e. The molecule has 1 fully saturated rings. The first-order chi connectivity index (χ1) is 13.5. The smallest absolute Gasteiger partial charge is 0.257 e. The molecule has 1 amide bonds. The number of anilines is 2. The highest BCUT2D eigenvalue weighted by Crippen LogP contribution is 2.22. The van der Waals surface area contributed by atoms with E-state index in [1.807, 2.05) is 41.9 Å². The van der Waals surface area contributed by atoms with Crippen LogP contribution in [-0.4, -0.2) is 47.0 Å². The molecule has 1 aliphatic heterocycles. The summed E-state index contributed by atoms with van der Waals surface area (Å²) in [4.78, 5) is 19.7. The lowest BCUT2D eigenvalue weighted by Crippen LogP contribution is -2.36. The SMILES string of the molecule is Cc1nc2c(cnn2C(C)C)cc1C(=O)Nc1ccc(N2CCOCC2)cc1. The van der Waals surface area contributed by atoms with Gasteiger partial charge in [-0.2, -0.15) is 5.10 Å². The average molecular weight is 379 g/mol. The molecule has 7 nitrogen and oxygen atoms in total. The lowest BCUT2D eigenvalue weighted by molar-refractivity contribution is 0.102. The van der Waals surface area contributed by atoms with Crippen LogP contribution < -0.4 is 10.2 Å². The summed E-state index contributed by atoms with van der Waals surface area (Å²) >= 11 is 0. The molecule has 0 bridgehead atoms. The Labute approximate surface area is 164 Å². The van der Waals surface area contributed by atoms with Crippen LogP contribution in [0.3, 0.4) is 0 Å². The molecule has 1 aromatic carbocycles. The molecule has 0 saturated carbocycles. The second-order valence-electron chi connectivity index (χ2n) is 7.32. The number of rotatable bonds is 4. The van der Waals surface area contributed by atoms with Gasteiger partial charge in [-0.05, 0) is 51.1 Å². The number of carbonyl (C=O) groups is 1. The van der Waals surface area contributed by atoms with Gasteiger partial charge in [-0.25, -0.2) is 9.67 Å². The number of hydrogen-bond acceptors (Lipinski definition) is 5. The summed E-state index contributed by atoms with van der Waals surface area (Å²) < 4.78 is 7.26. The van der Waals surface area contributed by atoms with Crippen molar-refractivity contribution in [3.8, 4) is 0 Å². The van der Waals surface area contributed by atoms with Gasteiger partial charge in [-0.15, -0.1) is 0 Å². The first-order valence-corrected chi connectivity index (χ1v) is 9.62. The molecule has 0 atom stereocenters. The zero-order chi connectivity index (χ0) is 19.7. The lowest BCUT2D eigenvalue weighted by Gasteiger charge is -2.28. The van der Waals surface area contributed by atoms with E-state index < -0.39 is 0 Å². The number of morpholine rings is 1. The minimum Gasteiger partial charge on any atom is -0.378 e. The van der Waals surface area contributed by atoms with Crippen molar-refractivity contribution in [3.05, 3.63) is 47.8 Å². The summed E-state index contributed by atoms with van der Waals surface area (Å²) in [6.07, 6.45) is 1.76. The third kappa shape index (κ3) is 3.57. The van der Waals surface area contributed by atoms with Gasteiger partial charge in [0.15, 0.2) is 5.65 Å². The van der Waals surface area contributed by atoms with Crippen molar-refractivity contribution in [1.29, 1.82) is 0 Å². The van der Waals surface area contributed by atoms with Crippen molar-refractivity contribution in [2.24, 2.45) is 0 Å². The third-order valence-corrected chi connectivity index (χ3v) is 4.99. The average Bonchev–Trinajstić information content (AvgIpc) is 3.11. The zero-order valence-corrected chi connectivity index (χ0v) is 16.5. The van der Waals surface area contributed by atoms with Crippen molar-refractivity contribution in [2.75, 3.05) is 36.5 Å². The molecule has 3 heterocycles. The number of pyridine rings is 1. The van der Waals surface area contributed by atoms with E-state index in [2.05, 4.69) is 34.1 Å². The maximum atomic E-state index is 12.8. The molecular weight excluding hydrogens is 354 g/mol. The Morgan fingerprint density at radius 1 is 1.18 bits per heavy atom. The second-order valence-corrected chi connectivity index (χ2v) is 7.32. The highest BCUT2D eigenvalue weighted by Gasteiger charge is 2.16. The predicted molar refractivity (Wildman–Crippen MR) is 110 cm³/mol. The minimum atomic E-state index is -0.164. The first kappa shape index (κ1) is 18.4. The standard InChI is InChI=1S/C21H25N5O2/c1-14(2)26-20-16(13-22-26)12-19(15(3)23-20)21(27)24-17-4-6-18(7-5-17)25-8-10-28-11-9-25/h4-7,12-14H,8-11H2,1-3H3,(H,24,27). The third-order valence-electron chi connectivity index (χ3n) is 4.99. The van der Waals surface area contributed by atoms with E-state index in [1.54, 1.807) is 6.20 Å². The van der Waals surface area contributed by atoms with Crippen LogP contribution in [0.5, 0.6) is 0 Å². The molecule has 0 spiro atoms. The van der Waals surface area contributed by atoms with Crippen LogP contribution in [0.1, 0.15) is 35.9 Å². The van der Waals surface area contributed by atoms with Gasteiger partial charge in [0, 0.05) is 35.9 Å². The van der Waals surface area contributed by atoms with Gasteiger partial charge in [0.1, 0.15) is 0 Å². The molecule has 2 aromatic heterocycles. The fourth-order valence-electron chi connectivity index (χ4n) is 3.45. The summed E-state index contributed by atoms with van der Waals surface area (Å²) in [5, 5.41) is 8.23. The quantitative estimate of drug-likeness (QED) is 0.752. The zero-order valence-electron chi connectivity index (χ0n) is 16.5. The van der Waals surface area contributed by atoms with Gasteiger partial charge in [-0.1, -0.05) is 0 Å². The molecule has 1 aliphatic rings. The number of carbonyl (C=O) groups excluding carboxylic acids is 1. The van der Waals surface area contributed by atoms with Crippen LogP contribution in [0.2, 0.25) is 0 Å². The lowest BCUT2D eigenvalue weighted by atomic mass is 10.1. The number of ether oxygens (including phenoxy) is 1. The number of nitrogens with zero attached hydrogens (tertiary/aromatic N) is 4. The molecule has 0 radical (unpaired) electrons. The molecule has 4 rings (SSSR count). The Hall–Kier alpha value is -2.93. The van der Waals surface area contributed by atoms with Gasteiger partial charge in [0.25, 0.3) is 5.91 Å². The Kier molecular flexibility index (Phi) is 5.00. The van der Waals surface area contributed by atoms with Crippen LogP contribution in [0.15, 0.2) is 36.5 Å². The van der Waals surface area contributed by atoms with E-state index in [1.165, 1.54) is 0 Å². The van der Waals surface area contributed by atoms with E-state index in [0.717, 1.165) is 48.7 Å². The fraction of sp³-hybridized carbons (Fsp3) is 0.381. The minimum absolute atomic E-state index is 0.164. The number of nitrogens with one attached hydrogen (secondary N) is 1. The molecule has 28 heavy (non-hydrogen) atoms. The highest BCUT2D eigenvalue weighted by molar-refractivity contribution is 6.06. The molecule has 1 saturated heterocycles. The van der Waals surface area contributed by atoms with Gasteiger partial charge in [-0.3, -0.25) is 4.79 Å². The van der Waals surface area contributed by atoms with Crippen LogP contribution in [0, 0.1) is 6.92 Å². The number of fused-ring (bicyclic) bond motifs is 1. The molecule has 146 valence electrons. The summed E-state index contributed by atoms with van der Waals surface area (Å²) in [5.74, 6) is -0.164. The van der Waals surface area contributed by atoms with Crippen LogP contribution in [0.25, 0.3) is 11.0 Å². The number of amides is 1. The van der Waals surface area contributed by atoms with Crippen molar-refractivity contribution in [2.45, 2.75) is 26.8 Å². The number of aromatic nitrogens is 3. The first-order valence-electron chi connectivity index (χ1n) is 9.62. The van der Waals surface area contributed by atoms with Gasteiger partial charge < -0.3 is 15.0 Å². The van der Waals surface area contributed by atoms with Gasteiger partial charge >= 0.3 is 0 Å². The maximum Gasteiger partial charge on any atom is 0.257 e. The number of aryl methyl sites for hydroxylation is 1. The Bertz CT molecular complexity index is 988. The summed E-state index contributed by atoms with van der Waals surface area (Å²) in [5.41, 5.74) is 3.96. The summed E-state index contributed by atoms with van der Waals surface area (Å²) in [7, 11) is 0. The maximum absolute atomic E-state index is 12.8.